The van der Waals surface area contributed by atoms with Gasteiger partial charge in [0.25, 0.3) is 8.32 Å². The predicted octanol–water partition coefficient (Wildman–Crippen LogP) is -1.24. The fourth-order valence-electron chi connectivity index (χ4n) is 2.54. The van der Waals surface area contributed by atoms with Crippen LogP contribution in [-0.2, 0) is 0 Å². The smallest absolute Gasteiger partial charge is 1.00 e. The molecule has 3 aromatic rings. The first kappa shape index (κ1) is 16.2. The molecule has 3 heteroatoms. The van der Waals surface area contributed by atoms with Crippen LogP contribution in [0.4, 0.5) is 0 Å². The molecule has 0 saturated heterocycles. The third-order valence-electron chi connectivity index (χ3n) is 3.57. The molecule has 0 amide bonds. The molecule has 1 N–H and O–H groups in total. The van der Waals surface area contributed by atoms with Crippen molar-refractivity contribution in [3.8, 4) is 0 Å². The van der Waals surface area contributed by atoms with Gasteiger partial charge >= 0.3 is 29.6 Å². The van der Waals surface area contributed by atoms with E-state index in [1.54, 1.807) is 0 Å². The minimum absolute atomic E-state index is 0. The second-order valence-electron chi connectivity index (χ2n) is 4.81. The van der Waals surface area contributed by atoms with Crippen molar-refractivity contribution in [2.24, 2.45) is 0 Å². The third-order valence-corrected chi connectivity index (χ3v) is 7.08. The van der Waals surface area contributed by atoms with E-state index in [0.717, 1.165) is 15.6 Å². The molecule has 3 aromatic carbocycles. The van der Waals surface area contributed by atoms with Gasteiger partial charge in [0.1, 0.15) is 0 Å². The minimum Gasteiger partial charge on any atom is -1.00 e. The first-order valence-corrected chi connectivity index (χ1v) is 8.65. The second kappa shape index (κ2) is 7.21. The fourth-order valence-corrected chi connectivity index (χ4v) is 5.56. The normalized spacial score (nSPS) is 10.7. The van der Waals surface area contributed by atoms with E-state index in [9.17, 15) is 4.80 Å². The van der Waals surface area contributed by atoms with Gasteiger partial charge in [0, 0.05) is 0 Å². The first-order valence-electron chi connectivity index (χ1n) is 6.71. The van der Waals surface area contributed by atoms with E-state index < -0.39 is 8.32 Å². The maximum atomic E-state index is 11.6. The van der Waals surface area contributed by atoms with Crippen LogP contribution in [0.15, 0.2) is 91.0 Å². The molecule has 0 bridgehead atoms. The Morgan fingerprint density at radius 3 is 1.00 bits per heavy atom. The number of hydrogen-bond donors (Lipinski definition) is 1. The Morgan fingerprint density at radius 2 is 0.762 bits per heavy atom. The molecule has 0 unspecified atom stereocenters. The third kappa shape index (κ3) is 3.20. The average molecular weight is 300 g/mol. The summed E-state index contributed by atoms with van der Waals surface area (Å²) in [5.41, 5.74) is 0. The van der Waals surface area contributed by atoms with Crippen LogP contribution in [0.2, 0.25) is 0 Å². The summed E-state index contributed by atoms with van der Waals surface area (Å²) in [7, 11) is -2.88. The van der Waals surface area contributed by atoms with E-state index in [2.05, 4.69) is 0 Å². The largest absolute Gasteiger partial charge is 1.00 e. The molecular formula is C18H17NaOSi. The predicted molar refractivity (Wildman–Crippen MR) is 87.3 cm³/mol. The molecule has 0 atom stereocenters. The molecule has 0 radical (unpaired) electrons. The summed E-state index contributed by atoms with van der Waals surface area (Å²) < 4.78 is 0. The summed E-state index contributed by atoms with van der Waals surface area (Å²) in [6.45, 7) is 0. The molecule has 0 fully saturated rings. The van der Waals surface area contributed by atoms with Gasteiger partial charge in [-0.05, 0) is 15.6 Å². The van der Waals surface area contributed by atoms with Crippen LogP contribution in [-0.4, -0.2) is 13.1 Å². The molecule has 0 aromatic heterocycles. The van der Waals surface area contributed by atoms with E-state index in [4.69, 9.17) is 0 Å². The second-order valence-corrected chi connectivity index (χ2v) is 7.96. The fraction of sp³-hybridized carbons (Fsp3) is 0. The molecule has 0 aliphatic carbocycles. The van der Waals surface area contributed by atoms with E-state index in [-0.39, 0.29) is 31.0 Å². The van der Waals surface area contributed by atoms with Crippen LogP contribution >= 0.6 is 0 Å². The summed E-state index contributed by atoms with van der Waals surface area (Å²) in [5.74, 6) is 0. The van der Waals surface area contributed by atoms with Gasteiger partial charge in [-0.25, -0.2) is 0 Å². The Balaban J connectivity index is 0.00000121. The van der Waals surface area contributed by atoms with Crippen LogP contribution in [0.25, 0.3) is 0 Å². The standard InChI is InChI=1S/C18H16OSi.Na.H/c19-20(16-10-4-1-5-11-16,17-12-6-2-7-13-17)18-14-8-3-9-15-18;;/h1-15,19H;;/q;+1;-1. The molecule has 3 rings (SSSR count). The van der Waals surface area contributed by atoms with Gasteiger partial charge in [-0.15, -0.1) is 0 Å². The van der Waals surface area contributed by atoms with Crippen molar-refractivity contribution in [1.29, 1.82) is 0 Å². The Hall–Kier alpha value is -1.16. The van der Waals surface area contributed by atoms with E-state index in [1.807, 2.05) is 91.0 Å². The van der Waals surface area contributed by atoms with Gasteiger partial charge in [-0.1, -0.05) is 91.0 Å². The van der Waals surface area contributed by atoms with Gasteiger partial charge in [0.05, 0.1) is 0 Å². The Morgan fingerprint density at radius 1 is 0.524 bits per heavy atom. The van der Waals surface area contributed by atoms with Gasteiger partial charge in [-0.2, -0.15) is 0 Å². The summed E-state index contributed by atoms with van der Waals surface area (Å²) in [4.78, 5) is 11.6. The van der Waals surface area contributed by atoms with Crippen molar-refractivity contribution < 1.29 is 35.8 Å². The van der Waals surface area contributed by atoms with Crippen molar-refractivity contribution in [2.45, 2.75) is 0 Å². The van der Waals surface area contributed by atoms with Crippen LogP contribution in [0.3, 0.4) is 0 Å². The molecule has 0 spiro atoms. The zero-order valence-corrected chi connectivity index (χ0v) is 15.1. The van der Waals surface area contributed by atoms with Crippen molar-refractivity contribution in [1.82, 2.24) is 0 Å². The van der Waals surface area contributed by atoms with Crippen LogP contribution in [0, 0.1) is 0 Å². The Kier molecular flexibility index (Phi) is 5.56. The zero-order valence-electron chi connectivity index (χ0n) is 13.1. The molecule has 0 heterocycles. The van der Waals surface area contributed by atoms with Gasteiger partial charge in [0.2, 0.25) is 0 Å². The van der Waals surface area contributed by atoms with Gasteiger partial charge in [0.15, 0.2) is 0 Å². The van der Waals surface area contributed by atoms with E-state index in [1.165, 1.54) is 0 Å². The average Bonchev–Trinajstić information content (AvgIpc) is 2.56. The van der Waals surface area contributed by atoms with E-state index in [0.29, 0.717) is 0 Å². The quantitative estimate of drug-likeness (QED) is 0.474. The molecule has 100 valence electrons. The molecule has 0 aliphatic heterocycles. The maximum absolute atomic E-state index is 11.6. The summed E-state index contributed by atoms with van der Waals surface area (Å²) in [6, 6.07) is 30.0. The molecule has 0 aliphatic rings. The minimum atomic E-state index is -2.88. The van der Waals surface area contributed by atoms with Crippen molar-refractivity contribution >= 4 is 23.9 Å². The Labute approximate surface area is 150 Å². The number of rotatable bonds is 3. The van der Waals surface area contributed by atoms with E-state index >= 15 is 0 Å². The van der Waals surface area contributed by atoms with Gasteiger partial charge < -0.3 is 6.22 Å². The monoisotopic (exact) mass is 300 g/mol. The molecule has 1 nitrogen and oxygen atoms in total. The first-order chi connectivity index (χ1) is 9.82. The topological polar surface area (TPSA) is 20.2 Å². The van der Waals surface area contributed by atoms with Crippen molar-refractivity contribution in [2.75, 3.05) is 0 Å². The molecule has 21 heavy (non-hydrogen) atoms. The van der Waals surface area contributed by atoms with Gasteiger partial charge in [-0.3, -0.25) is 0 Å². The van der Waals surface area contributed by atoms with Crippen LogP contribution in [0.5, 0.6) is 0 Å². The molecular weight excluding hydrogens is 283 g/mol. The summed E-state index contributed by atoms with van der Waals surface area (Å²) in [6.07, 6.45) is 0. The summed E-state index contributed by atoms with van der Waals surface area (Å²) in [5, 5.41) is 3.03. The molecule has 0 saturated carbocycles. The Bertz CT molecular complexity index is 581. The van der Waals surface area contributed by atoms with Crippen molar-refractivity contribution in [3.63, 3.8) is 0 Å². The maximum Gasteiger partial charge on any atom is 1.00 e. The summed E-state index contributed by atoms with van der Waals surface area (Å²) >= 11 is 0. The number of hydrogen-bond acceptors (Lipinski definition) is 1. The van der Waals surface area contributed by atoms with Crippen LogP contribution < -0.4 is 45.1 Å². The number of benzene rings is 3. The van der Waals surface area contributed by atoms with Crippen molar-refractivity contribution in [3.05, 3.63) is 91.0 Å². The zero-order chi connectivity index (χ0) is 13.8. The SMILES string of the molecule is O[Si](c1ccccc1)(c1ccccc1)c1ccccc1.[H-].[Na+]. The van der Waals surface area contributed by atoms with Crippen LogP contribution in [0.1, 0.15) is 1.43 Å².